The second-order valence-corrected chi connectivity index (χ2v) is 12.9. The van der Waals surface area contributed by atoms with Gasteiger partial charge in [-0.2, -0.15) is 9.97 Å². The number of alkyl halides is 1. The number of rotatable bonds is 6. The van der Waals surface area contributed by atoms with Gasteiger partial charge in [-0.05, 0) is 79.6 Å². The molecule has 0 saturated carbocycles. The molecular weight excluding hydrogens is 583 g/mol. The molecule has 45 heavy (non-hydrogen) atoms. The minimum Gasteiger partial charge on any atom is -0.508 e. The van der Waals surface area contributed by atoms with Crippen molar-refractivity contribution < 1.29 is 27.8 Å². The molecule has 8 nitrogen and oxygen atoms in total. The fourth-order valence-corrected chi connectivity index (χ4v) is 8.33. The van der Waals surface area contributed by atoms with Crippen LogP contribution in [-0.2, 0) is 11.2 Å². The zero-order chi connectivity index (χ0) is 30.9. The summed E-state index contributed by atoms with van der Waals surface area (Å²) in [4.78, 5) is 18.3. The third-order valence-corrected chi connectivity index (χ3v) is 10.4. The molecule has 0 spiro atoms. The van der Waals surface area contributed by atoms with Gasteiger partial charge in [-0.3, -0.25) is 9.88 Å². The number of halogens is 3. The molecule has 4 saturated heterocycles. The summed E-state index contributed by atoms with van der Waals surface area (Å²) in [5, 5.41) is 12.1. The monoisotopic (exact) mass is 619 g/mol. The number of fused-ring (bicyclic) bond motifs is 4. The Bertz CT molecular complexity index is 1810. The van der Waals surface area contributed by atoms with Crippen molar-refractivity contribution in [2.45, 2.75) is 75.7 Å². The lowest BCUT2D eigenvalue weighted by atomic mass is 9.94. The van der Waals surface area contributed by atoms with E-state index in [0.717, 1.165) is 45.2 Å². The molecule has 2 unspecified atom stereocenters. The number of aromatic hydroxyl groups is 1. The van der Waals surface area contributed by atoms with Crippen LogP contribution in [0.1, 0.15) is 51.0 Å². The van der Waals surface area contributed by atoms with E-state index < -0.39 is 23.3 Å². The van der Waals surface area contributed by atoms with Gasteiger partial charge in [0.1, 0.15) is 41.4 Å². The summed E-state index contributed by atoms with van der Waals surface area (Å²) in [6, 6.07) is 6.00. The molecule has 0 bridgehead atoms. The number of hydrogen-bond acceptors (Lipinski definition) is 8. The lowest BCUT2D eigenvalue weighted by molar-refractivity contribution is 0.0860. The number of pyridine rings is 1. The summed E-state index contributed by atoms with van der Waals surface area (Å²) in [5.74, 6) is -0.659. The number of phenols is 1. The third kappa shape index (κ3) is 4.69. The quantitative estimate of drug-likeness (QED) is 0.277. The van der Waals surface area contributed by atoms with E-state index in [9.17, 15) is 13.9 Å². The molecule has 11 heteroatoms. The lowest BCUT2D eigenvalue weighted by Gasteiger charge is -2.38. The molecule has 2 aromatic carbocycles. The Labute approximate surface area is 259 Å². The van der Waals surface area contributed by atoms with Crippen molar-refractivity contribution in [3.05, 3.63) is 47.7 Å². The summed E-state index contributed by atoms with van der Waals surface area (Å²) in [6.07, 6.45) is 5.96. The minimum atomic E-state index is -0.907. The smallest absolute Gasteiger partial charge is 0.319 e. The number of piperidine rings is 1. The molecule has 0 aliphatic carbocycles. The predicted molar refractivity (Wildman–Crippen MR) is 165 cm³/mol. The van der Waals surface area contributed by atoms with Crippen molar-refractivity contribution in [3.63, 3.8) is 0 Å². The summed E-state index contributed by atoms with van der Waals surface area (Å²) in [6.45, 7) is 4.64. The molecule has 4 atom stereocenters. The van der Waals surface area contributed by atoms with Crippen molar-refractivity contribution >= 4 is 27.5 Å². The van der Waals surface area contributed by atoms with Gasteiger partial charge in [0, 0.05) is 37.9 Å². The third-order valence-electron chi connectivity index (χ3n) is 10.4. The molecule has 4 aromatic rings. The van der Waals surface area contributed by atoms with Crippen LogP contribution in [0.3, 0.4) is 0 Å². The first-order valence-electron chi connectivity index (χ1n) is 16.1. The first kappa shape index (κ1) is 28.8. The Morgan fingerprint density at radius 2 is 2.02 bits per heavy atom. The van der Waals surface area contributed by atoms with Gasteiger partial charge < -0.3 is 19.5 Å². The van der Waals surface area contributed by atoms with E-state index in [-0.39, 0.29) is 47.3 Å². The molecule has 4 aliphatic heterocycles. The summed E-state index contributed by atoms with van der Waals surface area (Å²) in [5.41, 5.74) is 0.265. The van der Waals surface area contributed by atoms with Gasteiger partial charge in [0.05, 0.1) is 23.1 Å². The number of aryl methyl sites for hydroxylation is 1. The number of phenolic OH excluding ortho intramolecular Hbond substituents is 1. The van der Waals surface area contributed by atoms with Crippen LogP contribution in [0, 0.1) is 11.6 Å². The number of nitrogens with zero attached hydrogens (tertiary/aromatic N) is 5. The maximum Gasteiger partial charge on any atom is 0.319 e. The minimum absolute atomic E-state index is 0.0270. The van der Waals surface area contributed by atoms with Crippen molar-refractivity contribution in [3.8, 4) is 23.0 Å². The van der Waals surface area contributed by atoms with Crippen molar-refractivity contribution in [1.82, 2.24) is 19.9 Å². The van der Waals surface area contributed by atoms with E-state index in [1.54, 1.807) is 12.3 Å². The average Bonchev–Trinajstić information content (AvgIpc) is 3.74. The van der Waals surface area contributed by atoms with Gasteiger partial charge >= 0.3 is 6.01 Å². The molecule has 0 amide bonds. The van der Waals surface area contributed by atoms with Gasteiger partial charge in [0.2, 0.25) is 0 Å². The standard InChI is InChI=1S/C34H36F3N5O3/c1-2-22-25(36)7-6-19-13-21(43)14-23(28(19)22)30-29(37)31-24(16-38-30)32(42-11-3-5-27-26(42)8-12-44-27)40-33(39-31)45-18-34-9-4-10-41(34)17-20(35)15-34/h6-7,13-14,16,20,26-27,43H,2-5,8-12,15,17-18H2,1H3/t20-,26?,27?,34+/m1/s1. The topological polar surface area (TPSA) is 83.8 Å². The van der Waals surface area contributed by atoms with E-state index in [1.165, 1.54) is 18.2 Å². The Balaban J connectivity index is 1.28. The molecule has 236 valence electrons. The summed E-state index contributed by atoms with van der Waals surface area (Å²) >= 11 is 0. The van der Waals surface area contributed by atoms with Crippen LogP contribution < -0.4 is 9.64 Å². The second-order valence-electron chi connectivity index (χ2n) is 12.9. The first-order chi connectivity index (χ1) is 21.8. The summed E-state index contributed by atoms with van der Waals surface area (Å²) in [7, 11) is 0. The molecule has 4 fully saturated rings. The highest BCUT2D eigenvalue weighted by atomic mass is 19.1. The molecule has 2 aromatic heterocycles. The number of ether oxygens (including phenoxy) is 2. The maximum atomic E-state index is 16.9. The van der Waals surface area contributed by atoms with E-state index >= 15 is 4.39 Å². The fraction of sp³-hybridized carbons (Fsp3) is 0.500. The Kier molecular flexibility index (Phi) is 7.01. The van der Waals surface area contributed by atoms with Gasteiger partial charge in [-0.15, -0.1) is 0 Å². The van der Waals surface area contributed by atoms with Gasteiger partial charge in [0.15, 0.2) is 5.82 Å². The highest BCUT2D eigenvalue weighted by Crippen LogP contribution is 2.43. The largest absolute Gasteiger partial charge is 0.508 e. The molecule has 6 heterocycles. The van der Waals surface area contributed by atoms with Crippen LogP contribution in [0.25, 0.3) is 32.9 Å². The highest BCUT2D eigenvalue weighted by Gasteiger charge is 2.49. The van der Waals surface area contributed by atoms with Gasteiger partial charge in [-0.1, -0.05) is 13.0 Å². The lowest BCUT2D eigenvalue weighted by Crippen LogP contribution is -2.46. The van der Waals surface area contributed by atoms with Crippen molar-refractivity contribution in [2.75, 3.05) is 37.7 Å². The van der Waals surface area contributed by atoms with Gasteiger partial charge in [-0.25, -0.2) is 13.2 Å². The molecule has 1 N–H and O–H groups in total. The number of benzene rings is 2. The molecule has 8 rings (SSSR count). The Hall–Kier alpha value is -3.70. The van der Waals surface area contributed by atoms with Crippen molar-refractivity contribution in [1.29, 1.82) is 0 Å². The molecule has 0 radical (unpaired) electrons. The van der Waals surface area contributed by atoms with Crippen LogP contribution in [0.4, 0.5) is 19.0 Å². The zero-order valence-electron chi connectivity index (χ0n) is 25.2. The zero-order valence-corrected chi connectivity index (χ0v) is 25.2. The molecule has 4 aliphatic rings. The fourth-order valence-electron chi connectivity index (χ4n) is 8.33. The predicted octanol–water partition coefficient (Wildman–Crippen LogP) is 6.10. The summed E-state index contributed by atoms with van der Waals surface area (Å²) < 4.78 is 58.6. The number of anilines is 1. The van der Waals surface area contributed by atoms with Gasteiger partial charge in [0.25, 0.3) is 0 Å². The van der Waals surface area contributed by atoms with Crippen molar-refractivity contribution in [2.24, 2.45) is 0 Å². The Morgan fingerprint density at radius 3 is 2.89 bits per heavy atom. The molecular formula is C34H36F3N5O3. The van der Waals surface area contributed by atoms with Crippen LogP contribution in [0.2, 0.25) is 0 Å². The second kappa shape index (κ2) is 11.0. The van der Waals surface area contributed by atoms with Crippen LogP contribution >= 0.6 is 0 Å². The normalized spacial score (nSPS) is 26.6. The SMILES string of the molecule is CCc1c(F)ccc2cc(O)cc(-c3ncc4c(N5CCCC6OCCC65)nc(OC[C@@]56CCCN5C[C@H](F)C6)nc4c3F)c12. The highest BCUT2D eigenvalue weighted by molar-refractivity contribution is 6.01. The van der Waals surface area contributed by atoms with E-state index in [0.29, 0.717) is 53.5 Å². The maximum absolute atomic E-state index is 16.9. The number of aromatic nitrogens is 3. The van der Waals surface area contributed by atoms with Crippen LogP contribution in [0.5, 0.6) is 11.8 Å². The van der Waals surface area contributed by atoms with E-state index in [2.05, 4.69) is 19.8 Å². The van der Waals surface area contributed by atoms with Crippen LogP contribution in [0.15, 0.2) is 30.5 Å². The van der Waals surface area contributed by atoms with Crippen LogP contribution in [-0.4, -0.2) is 81.7 Å². The van der Waals surface area contributed by atoms with E-state index in [4.69, 9.17) is 14.5 Å². The number of hydrogen-bond donors (Lipinski definition) is 1. The average molecular weight is 620 g/mol. The Morgan fingerprint density at radius 1 is 1.13 bits per heavy atom. The van der Waals surface area contributed by atoms with E-state index in [1.807, 2.05) is 6.92 Å². The first-order valence-corrected chi connectivity index (χ1v) is 16.1.